The van der Waals surface area contributed by atoms with E-state index in [1.54, 1.807) is 6.33 Å². The van der Waals surface area contributed by atoms with Crippen molar-refractivity contribution in [1.29, 1.82) is 0 Å². The van der Waals surface area contributed by atoms with Gasteiger partial charge in [-0.15, -0.1) is 10.2 Å². The van der Waals surface area contributed by atoms with E-state index in [4.69, 9.17) is 0 Å². The number of H-pyrrole nitrogens is 1. The molecule has 1 aliphatic heterocycles. The molecule has 1 aliphatic carbocycles. The van der Waals surface area contributed by atoms with Crippen LogP contribution in [-0.2, 0) is 24.6 Å². The molecule has 0 spiro atoms. The van der Waals surface area contributed by atoms with Gasteiger partial charge in [-0.05, 0) is 42.9 Å². The van der Waals surface area contributed by atoms with Gasteiger partial charge in [0.05, 0.1) is 11.2 Å². The summed E-state index contributed by atoms with van der Waals surface area (Å²) in [7, 11) is 1.92. The quantitative estimate of drug-likeness (QED) is 0.327. The Morgan fingerprint density at radius 3 is 2.74 bits per heavy atom. The number of aryl methyl sites for hydroxylation is 1. The second kappa shape index (κ2) is 10.1. The van der Waals surface area contributed by atoms with Gasteiger partial charge in [0.15, 0.2) is 0 Å². The predicted molar refractivity (Wildman–Crippen MR) is 137 cm³/mol. The molecule has 12 heteroatoms. The molecule has 4 aromatic rings. The van der Waals surface area contributed by atoms with E-state index in [9.17, 15) is 18.0 Å². The second-order valence-corrected chi connectivity index (χ2v) is 10.5. The first-order valence-corrected chi connectivity index (χ1v) is 13.2. The fourth-order valence-electron chi connectivity index (χ4n) is 5.63. The fraction of sp³-hybridized carbons (Fsp3) is 0.444. The van der Waals surface area contributed by atoms with E-state index in [-0.39, 0.29) is 36.5 Å². The topological polar surface area (TPSA) is 113 Å². The van der Waals surface area contributed by atoms with Crippen molar-refractivity contribution < 1.29 is 18.0 Å². The first-order valence-electron chi connectivity index (χ1n) is 13.2. The van der Waals surface area contributed by atoms with Crippen molar-refractivity contribution >= 4 is 16.8 Å². The summed E-state index contributed by atoms with van der Waals surface area (Å²) in [5.74, 6) is 1.26. The van der Waals surface area contributed by atoms with Crippen LogP contribution in [0.25, 0.3) is 22.2 Å². The van der Waals surface area contributed by atoms with E-state index in [1.165, 1.54) is 0 Å². The average molecular weight is 539 g/mol. The van der Waals surface area contributed by atoms with E-state index in [0.29, 0.717) is 41.0 Å². The maximum absolute atomic E-state index is 13.9. The smallest absolute Gasteiger partial charge is 0.356 e. The lowest BCUT2D eigenvalue weighted by Crippen LogP contribution is -2.43. The van der Waals surface area contributed by atoms with E-state index in [1.807, 2.05) is 35.9 Å². The number of halogens is 3. The first-order chi connectivity index (χ1) is 18.8. The van der Waals surface area contributed by atoms with Crippen LogP contribution in [-0.4, -0.2) is 48.4 Å². The summed E-state index contributed by atoms with van der Waals surface area (Å²) in [6.45, 7) is 0.610. The number of amides is 1. The SMILES string of the molecule is Cn1cnnc1[C@@H](c1cccc(-c2n[nH]c3c(CN[C@@H]4CCNC(=O)C4)nc(C(F)(F)F)cc23)c1)C1CCC1. The summed E-state index contributed by atoms with van der Waals surface area (Å²) in [4.78, 5) is 15.7. The van der Waals surface area contributed by atoms with Gasteiger partial charge >= 0.3 is 6.18 Å². The minimum atomic E-state index is -4.62. The molecule has 2 fully saturated rings. The monoisotopic (exact) mass is 538 g/mol. The van der Waals surface area contributed by atoms with Crippen LogP contribution in [0.5, 0.6) is 0 Å². The van der Waals surface area contributed by atoms with Gasteiger partial charge in [0.1, 0.15) is 23.5 Å². The molecule has 4 heterocycles. The molecule has 204 valence electrons. The summed E-state index contributed by atoms with van der Waals surface area (Å²) in [5.41, 5.74) is 1.87. The lowest BCUT2D eigenvalue weighted by atomic mass is 9.72. The molecule has 3 N–H and O–H groups in total. The Morgan fingerprint density at radius 2 is 2.05 bits per heavy atom. The van der Waals surface area contributed by atoms with Gasteiger partial charge in [-0.25, -0.2) is 4.98 Å². The van der Waals surface area contributed by atoms with Gasteiger partial charge in [-0.3, -0.25) is 9.89 Å². The summed E-state index contributed by atoms with van der Waals surface area (Å²) in [5, 5.41) is 22.2. The summed E-state index contributed by atoms with van der Waals surface area (Å²) in [6, 6.07) is 8.74. The molecule has 1 aromatic carbocycles. The number of carbonyl (C=O) groups is 1. The summed E-state index contributed by atoms with van der Waals surface area (Å²) >= 11 is 0. The number of hydrogen-bond donors (Lipinski definition) is 3. The number of carbonyl (C=O) groups excluding carboxylic acids is 1. The number of hydrogen-bond acceptors (Lipinski definition) is 6. The Hall–Kier alpha value is -3.80. The highest BCUT2D eigenvalue weighted by molar-refractivity contribution is 5.94. The number of aromatic nitrogens is 6. The number of nitrogens with one attached hydrogen (secondary N) is 3. The van der Waals surface area contributed by atoms with Crippen LogP contribution in [0.3, 0.4) is 0 Å². The van der Waals surface area contributed by atoms with Crippen molar-refractivity contribution in [3.63, 3.8) is 0 Å². The van der Waals surface area contributed by atoms with Crippen molar-refractivity contribution in [2.75, 3.05) is 6.54 Å². The normalized spacial score (nSPS) is 19.2. The zero-order valence-corrected chi connectivity index (χ0v) is 21.4. The Morgan fingerprint density at radius 1 is 1.21 bits per heavy atom. The number of nitrogens with zero attached hydrogens (tertiary/aromatic N) is 5. The molecular weight excluding hydrogens is 509 g/mol. The van der Waals surface area contributed by atoms with Gasteiger partial charge in [0, 0.05) is 49.5 Å². The van der Waals surface area contributed by atoms with Crippen LogP contribution in [0.15, 0.2) is 36.7 Å². The number of fused-ring (bicyclic) bond motifs is 1. The highest BCUT2D eigenvalue weighted by Gasteiger charge is 2.35. The van der Waals surface area contributed by atoms with Gasteiger partial charge in [-0.1, -0.05) is 24.6 Å². The van der Waals surface area contributed by atoms with Gasteiger partial charge in [-0.2, -0.15) is 18.3 Å². The summed E-state index contributed by atoms with van der Waals surface area (Å²) < 4.78 is 43.6. The zero-order valence-electron chi connectivity index (χ0n) is 21.4. The minimum Gasteiger partial charge on any atom is -0.356 e. The van der Waals surface area contributed by atoms with Crippen LogP contribution >= 0.6 is 0 Å². The third-order valence-corrected chi connectivity index (χ3v) is 7.89. The Labute approximate surface area is 222 Å². The maximum atomic E-state index is 13.9. The maximum Gasteiger partial charge on any atom is 0.433 e. The Kier molecular flexibility index (Phi) is 6.57. The van der Waals surface area contributed by atoms with Gasteiger partial charge in [0.2, 0.25) is 5.91 Å². The van der Waals surface area contributed by atoms with Crippen molar-refractivity contribution in [1.82, 2.24) is 40.6 Å². The highest BCUT2D eigenvalue weighted by Crippen LogP contribution is 2.43. The second-order valence-electron chi connectivity index (χ2n) is 10.5. The molecule has 0 radical (unpaired) electrons. The number of rotatable bonds is 7. The molecule has 9 nitrogen and oxygen atoms in total. The standard InChI is InChI=1S/C27H29F3N8O/c1-38-14-33-37-26(38)23(15-4-2-5-15)16-6-3-7-17(10-16)24-19-12-21(27(28,29)30)34-20(25(19)36-35-24)13-32-18-8-9-31-22(39)11-18/h3,6-7,10,12,14-15,18,23,32H,2,4-5,8-9,11,13H2,1H3,(H,31,39)(H,35,36)/t18-,23-/m1/s1. The number of pyridine rings is 1. The van der Waals surface area contributed by atoms with Crippen LogP contribution < -0.4 is 10.6 Å². The van der Waals surface area contributed by atoms with Crippen molar-refractivity contribution in [3.05, 3.63) is 59.4 Å². The van der Waals surface area contributed by atoms with Crippen molar-refractivity contribution in [3.8, 4) is 11.3 Å². The van der Waals surface area contributed by atoms with Crippen LogP contribution in [0, 0.1) is 5.92 Å². The molecule has 0 unspecified atom stereocenters. The number of alkyl halides is 3. The number of aromatic amines is 1. The molecular formula is C27H29F3N8O. The molecule has 6 rings (SSSR count). The third kappa shape index (κ3) is 5.00. The number of piperidine rings is 1. The van der Waals surface area contributed by atoms with E-state index >= 15 is 0 Å². The number of benzene rings is 1. The largest absolute Gasteiger partial charge is 0.433 e. The molecule has 1 saturated heterocycles. The molecule has 1 amide bonds. The Bertz CT molecular complexity index is 1510. The molecule has 2 atom stereocenters. The minimum absolute atomic E-state index is 0.0382. The lowest BCUT2D eigenvalue weighted by Gasteiger charge is -2.33. The van der Waals surface area contributed by atoms with Crippen LogP contribution in [0.4, 0.5) is 13.2 Å². The van der Waals surface area contributed by atoms with Crippen molar-refractivity contribution in [2.45, 2.75) is 56.8 Å². The highest BCUT2D eigenvalue weighted by atomic mass is 19.4. The zero-order chi connectivity index (χ0) is 27.1. The molecule has 2 aliphatic rings. The molecule has 0 bridgehead atoms. The van der Waals surface area contributed by atoms with Crippen LogP contribution in [0.2, 0.25) is 0 Å². The third-order valence-electron chi connectivity index (χ3n) is 7.89. The van der Waals surface area contributed by atoms with Crippen LogP contribution in [0.1, 0.15) is 60.8 Å². The molecule has 3 aromatic heterocycles. The molecule has 39 heavy (non-hydrogen) atoms. The lowest BCUT2D eigenvalue weighted by molar-refractivity contribution is -0.141. The molecule has 1 saturated carbocycles. The Balaban J connectivity index is 1.38. The average Bonchev–Trinajstić information content (AvgIpc) is 3.50. The van der Waals surface area contributed by atoms with E-state index in [0.717, 1.165) is 36.7 Å². The predicted octanol–water partition coefficient (Wildman–Crippen LogP) is 4.07. The van der Waals surface area contributed by atoms with Gasteiger partial charge < -0.3 is 15.2 Å². The van der Waals surface area contributed by atoms with E-state index < -0.39 is 11.9 Å². The van der Waals surface area contributed by atoms with Crippen molar-refractivity contribution in [2.24, 2.45) is 13.0 Å². The van der Waals surface area contributed by atoms with Gasteiger partial charge in [0.25, 0.3) is 0 Å². The fourth-order valence-corrected chi connectivity index (χ4v) is 5.63. The first kappa shape index (κ1) is 25.5. The van der Waals surface area contributed by atoms with E-state index in [2.05, 4.69) is 36.0 Å². The summed E-state index contributed by atoms with van der Waals surface area (Å²) in [6.07, 6.45) is 1.38.